The first-order valence-corrected chi connectivity index (χ1v) is 3.54. The van der Waals surface area contributed by atoms with E-state index in [9.17, 15) is 9.59 Å². The van der Waals surface area contributed by atoms with Crippen molar-refractivity contribution in [1.82, 2.24) is 5.32 Å². The molecule has 0 aromatic heterocycles. The Morgan fingerprint density at radius 1 is 1.50 bits per heavy atom. The van der Waals surface area contributed by atoms with E-state index in [1.165, 1.54) is 7.05 Å². The van der Waals surface area contributed by atoms with Crippen LogP contribution in [0.4, 0.5) is 4.79 Å². The highest BCUT2D eigenvalue weighted by Crippen LogP contribution is 2.13. The van der Waals surface area contributed by atoms with Gasteiger partial charge in [0, 0.05) is 7.05 Å². The quantitative estimate of drug-likeness (QED) is 0.624. The first-order chi connectivity index (χ1) is 5.40. The van der Waals surface area contributed by atoms with Crippen molar-refractivity contribution in [3.05, 3.63) is 0 Å². The number of nitrogens with two attached hydrogens (primary N) is 1. The Balaban J connectivity index is 3.92. The lowest BCUT2D eigenvalue weighted by Gasteiger charge is -2.19. The van der Waals surface area contributed by atoms with Gasteiger partial charge >= 0.3 is 6.09 Å². The SMILES string of the molecule is CNC(=O)OCC(C)(C)C(N)=O. The van der Waals surface area contributed by atoms with Crippen molar-refractivity contribution in [3.63, 3.8) is 0 Å². The third-order valence-electron chi connectivity index (χ3n) is 1.44. The number of carbonyl (C=O) groups excluding carboxylic acids is 2. The minimum atomic E-state index is -0.813. The molecule has 0 aromatic rings. The lowest BCUT2D eigenvalue weighted by molar-refractivity contribution is -0.127. The third-order valence-corrected chi connectivity index (χ3v) is 1.44. The van der Waals surface area contributed by atoms with Crippen LogP contribution in [0.5, 0.6) is 0 Å². The summed E-state index contributed by atoms with van der Waals surface area (Å²) in [5, 5.41) is 2.26. The van der Waals surface area contributed by atoms with E-state index in [-0.39, 0.29) is 6.61 Å². The molecular weight excluding hydrogens is 160 g/mol. The van der Waals surface area contributed by atoms with Crippen LogP contribution in [0.25, 0.3) is 0 Å². The number of amides is 2. The van der Waals surface area contributed by atoms with E-state index < -0.39 is 17.4 Å². The van der Waals surface area contributed by atoms with Gasteiger partial charge in [-0.1, -0.05) is 0 Å². The highest BCUT2D eigenvalue weighted by atomic mass is 16.5. The molecule has 0 unspecified atom stereocenters. The molecule has 0 aliphatic carbocycles. The Morgan fingerprint density at radius 2 is 2.00 bits per heavy atom. The largest absolute Gasteiger partial charge is 0.448 e. The fourth-order valence-corrected chi connectivity index (χ4v) is 0.389. The molecule has 70 valence electrons. The Kier molecular flexibility index (Phi) is 3.53. The minimum Gasteiger partial charge on any atom is -0.448 e. The number of alkyl carbamates (subject to hydrolysis) is 1. The second kappa shape index (κ2) is 3.94. The standard InChI is InChI=1S/C7H14N2O3/c1-7(2,5(8)10)4-12-6(11)9-3/h4H2,1-3H3,(H2,8,10)(H,9,11). The molecule has 5 nitrogen and oxygen atoms in total. The van der Waals surface area contributed by atoms with Crippen molar-refractivity contribution in [2.24, 2.45) is 11.1 Å². The molecule has 5 heteroatoms. The molecule has 2 amide bonds. The summed E-state index contributed by atoms with van der Waals surface area (Å²) < 4.78 is 4.67. The minimum absolute atomic E-state index is 0.0119. The van der Waals surface area contributed by atoms with Crippen LogP contribution >= 0.6 is 0 Å². The van der Waals surface area contributed by atoms with Gasteiger partial charge in [0.05, 0.1) is 5.41 Å². The predicted molar refractivity (Wildman–Crippen MR) is 43.4 cm³/mol. The summed E-state index contributed by atoms with van der Waals surface area (Å²) in [6.45, 7) is 3.21. The lowest BCUT2D eigenvalue weighted by atomic mass is 9.94. The summed E-state index contributed by atoms with van der Waals surface area (Å²) in [5.74, 6) is -0.494. The number of carbonyl (C=O) groups is 2. The molecule has 0 aliphatic heterocycles. The van der Waals surface area contributed by atoms with Gasteiger partial charge in [0.15, 0.2) is 0 Å². The van der Waals surface area contributed by atoms with Gasteiger partial charge in [-0.15, -0.1) is 0 Å². The molecule has 3 N–H and O–H groups in total. The van der Waals surface area contributed by atoms with Crippen molar-refractivity contribution in [2.45, 2.75) is 13.8 Å². The summed E-state index contributed by atoms with van der Waals surface area (Å²) in [6, 6.07) is 0. The fourth-order valence-electron chi connectivity index (χ4n) is 0.389. The summed E-state index contributed by atoms with van der Waals surface area (Å²) in [6.07, 6.45) is -0.565. The van der Waals surface area contributed by atoms with E-state index in [4.69, 9.17) is 5.73 Å². The Labute approximate surface area is 71.3 Å². The highest BCUT2D eigenvalue weighted by molar-refractivity contribution is 5.80. The van der Waals surface area contributed by atoms with E-state index in [0.717, 1.165) is 0 Å². The molecule has 0 aromatic carbocycles. The Bertz CT molecular complexity index is 189. The van der Waals surface area contributed by atoms with Crippen LogP contribution in [0.15, 0.2) is 0 Å². The molecule has 0 spiro atoms. The Morgan fingerprint density at radius 3 is 2.33 bits per heavy atom. The summed E-state index contributed by atoms with van der Waals surface area (Å²) >= 11 is 0. The van der Waals surface area contributed by atoms with Crippen LogP contribution < -0.4 is 11.1 Å². The van der Waals surface area contributed by atoms with Crippen LogP contribution in [0, 0.1) is 5.41 Å². The maximum absolute atomic E-state index is 10.7. The smallest absolute Gasteiger partial charge is 0.406 e. The zero-order valence-electron chi connectivity index (χ0n) is 7.51. The molecule has 0 bridgehead atoms. The highest BCUT2D eigenvalue weighted by Gasteiger charge is 2.26. The average molecular weight is 174 g/mol. The van der Waals surface area contributed by atoms with Crippen molar-refractivity contribution < 1.29 is 14.3 Å². The molecule has 0 atom stereocenters. The average Bonchev–Trinajstić information content (AvgIpc) is 2.00. The molecule has 0 heterocycles. The maximum atomic E-state index is 10.7. The van der Waals surface area contributed by atoms with E-state index in [1.807, 2.05) is 0 Å². The topological polar surface area (TPSA) is 81.4 Å². The van der Waals surface area contributed by atoms with Gasteiger partial charge in [-0.05, 0) is 13.8 Å². The van der Waals surface area contributed by atoms with Crippen LogP contribution in [0.1, 0.15) is 13.8 Å². The molecule has 12 heavy (non-hydrogen) atoms. The van der Waals surface area contributed by atoms with Gasteiger partial charge < -0.3 is 15.8 Å². The predicted octanol–water partition coefficient (Wildman–Crippen LogP) is -0.146. The van der Waals surface area contributed by atoms with Gasteiger partial charge in [-0.2, -0.15) is 0 Å². The number of rotatable bonds is 3. The normalized spacial score (nSPS) is 10.6. The number of nitrogens with one attached hydrogen (secondary N) is 1. The molecular formula is C7H14N2O3. The first-order valence-electron chi connectivity index (χ1n) is 3.54. The summed E-state index contributed by atoms with van der Waals surface area (Å²) in [4.78, 5) is 21.3. The van der Waals surface area contributed by atoms with Crippen molar-refractivity contribution in [1.29, 1.82) is 0 Å². The van der Waals surface area contributed by atoms with E-state index in [0.29, 0.717) is 0 Å². The molecule has 0 saturated heterocycles. The number of hydrogen-bond acceptors (Lipinski definition) is 3. The Hall–Kier alpha value is -1.26. The number of hydrogen-bond donors (Lipinski definition) is 2. The number of ether oxygens (including phenoxy) is 1. The van der Waals surface area contributed by atoms with E-state index in [1.54, 1.807) is 13.8 Å². The summed E-state index contributed by atoms with van der Waals surface area (Å²) in [7, 11) is 1.44. The van der Waals surface area contributed by atoms with Crippen LogP contribution in [-0.4, -0.2) is 25.7 Å². The summed E-state index contributed by atoms with van der Waals surface area (Å²) in [5.41, 5.74) is 4.23. The van der Waals surface area contributed by atoms with Gasteiger partial charge in [-0.3, -0.25) is 4.79 Å². The zero-order valence-corrected chi connectivity index (χ0v) is 7.51. The molecule has 0 aliphatic rings. The van der Waals surface area contributed by atoms with Gasteiger partial charge in [0.1, 0.15) is 6.61 Å². The van der Waals surface area contributed by atoms with Crippen molar-refractivity contribution >= 4 is 12.0 Å². The number of primary amides is 1. The fraction of sp³-hybridized carbons (Fsp3) is 0.714. The monoisotopic (exact) mass is 174 g/mol. The van der Waals surface area contributed by atoms with Crippen molar-refractivity contribution in [3.8, 4) is 0 Å². The van der Waals surface area contributed by atoms with Crippen LogP contribution in [-0.2, 0) is 9.53 Å². The maximum Gasteiger partial charge on any atom is 0.406 e. The van der Waals surface area contributed by atoms with Crippen LogP contribution in [0.3, 0.4) is 0 Å². The van der Waals surface area contributed by atoms with Crippen LogP contribution in [0.2, 0.25) is 0 Å². The molecule has 0 radical (unpaired) electrons. The van der Waals surface area contributed by atoms with Gasteiger partial charge in [0.2, 0.25) is 5.91 Å². The van der Waals surface area contributed by atoms with E-state index >= 15 is 0 Å². The second-order valence-electron chi connectivity index (χ2n) is 3.07. The first kappa shape index (κ1) is 10.7. The van der Waals surface area contributed by atoms with E-state index in [2.05, 4.69) is 10.1 Å². The second-order valence-corrected chi connectivity index (χ2v) is 3.07. The van der Waals surface area contributed by atoms with Gasteiger partial charge in [0.25, 0.3) is 0 Å². The molecule has 0 fully saturated rings. The third kappa shape index (κ3) is 3.23. The zero-order chi connectivity index (χ0) is 9.78. The van der Waals surface area contributed by atoms with Crippen molar-refractivity contribution in [2.75, 3.05) is 13.7 Å². The lowest BCUT2D eigenvalue weighted by Crippen LogP contribution is -2.37. The molecule has 0 rings (SSSR count). The van der Waals surface area contributed by atoms with Gasteiger partial charge in [-0.25, -0.2) is 4.79 Å². The molecule has 0 saturated carbocycles.